The van der Waals surface area contributed by atoms with Crippen LogP contribution in [0, 0.1) is 0 Å². The Morgan fingerprint density at radius 1 is 1.21 bits per heavy atom. The van der Waals surface area contributed by atoms with E-state index in [0.29, 0.717) is 13.0 Å². The number of benzene rings is 2. The van der Waals surface area contributed by atoms with Gasteiger partial charge in [-0.25, -0.2) is 17.9 Å². The van der Waals surface area contributed by atoms with E-state index >= 15 is 0 Å². The van der Waals surface area contributed by atoms with Crippen LogP contribution in [0.5, 0.6) is 11.5 Å². The smallest absolute Gasteiger partial charge is 0.337 e. The lowest BCUT2D eigenvalue weighted by Crippen LogP contribution is -2.34. The fourth-order valence-electron chi connectivity index (χ4n) is 3.22. The van der Waals surface area contributed by atoms with Gasteiger partial charge in [-0.3, -0.25) is 0 Å². The molecule has 0 aromatic heterocycles. The van der Waals surface area contributed by atoms with Crippen LogP contribution in [0.3, 0.4) is 0 Å². The number of hydrogen-bond donors (Lipinski definition) is 1. The van der Waals surface area contributed by atoms with E-state index in [2.05, 4.69) is 9.46 Å². The number of nitrogens with one attached hydrogen (secondary N) is 1. The van der Waals surface area contributed by atoms with E-state index < -0.39 is 16.0 Å². The van der Waals surface area contributed by atoms with E-state index in [1.54, 1.807) is 6.92 Å². The summed E-state index contributed by atoms with van der Waals surface area (Å²) in [6.45, 7) is 2.47. The molecule has 1 atom stereocenters. The Balaban J connectivity index is 1.80. The fraction of sp³-hybridized carbons (Fsp3) is 0.350. The number of carbonyl (C=O) groups excluding carboxylic acids is 1. The average Bonchev–Trinajstić information content (AvgIpc) is 3.14. The molecule has 0 aliphatic carbocycles. The Morgan fingerprint density at radius 2 is 2.00 bits per heavy atom. The molecule has 0 radical (unpaired) electrons. The zero-order valence-electron chi connectivity index (χ0n) is 16.0. The molecule has 0 bridgehead atoms. The molecule has 1 aliphatic rings. The molecule has 0 amide bonds. The third kappa shape index (κ3) is 4.28. The van der Waals surface area contributed by atoms with Gasteiger partial charge in [0.15, 0.2) is 0 Å². The monoisotopic (exact) mass is 405 g/mol. The molecule has 0 fully saturated rings. The molecular formula is C20H23NO6S. The summed E-state index contributed by atoms with van der Waals surface area (Å²) in [5.41, 5.74) is 2.30. The Kier molecular flexibility index (Phi) is 5.90. The van der Waals surface area contributed by atoms with E-state index in [1.807, 2.05) is 18.2 Å². The molecule has 0 spiro atoms. The second-order valence-corrected chi connectivity index (χ2v) is 8.31. The molecule has 2 aromatic rings. The third-order valence-electron chi connectivity index (χ3n) is 4.53. The summed E-state index contributed by atoms with van der Waals surface area (Å²) in [6, 6.07) is 9.69. The first-order valence-electron chi connectivity index (χ1n) is 8.87. The summed E-state index contributed by atoms with van der Waals surface area (Å²) in [5.74, 6) is 0.427. The molecule has 1 N–H and O–H groups in total. The number of carbonyl (C=O) groups is 1. The molecule has 8 heteroatoms. The van der Waals surface area contributed by atoms with Crippen molar-refractivity contribution in [3.8, 4) is 11.5 Å². The second-order valence-electron chi connectivity index (χ2n) is 6.62. The van der Waals surface area contributed by atoms with Gasteiger partial charge in [0.05, 0.1) is 26.4 Å². The van der Waals surface area contributed by atoms with Crippen LogP contribution in [0.15, 0.2) is 41.3 Å². The molecule has 150 valence electrons. The summed E-state index contributed by atoms with van der Waals surface area (Å²) < 4.78 is 43.8. The number of ether oxygens (including phenoxy) is 3. The predicted molar refractivity (Wildman–Crippen MR) is 103 cm³/mol. The normalized spacial score (nSPS) is 14.1. The Morgan fingerprint density at radius 3 is 2.71 bits per heavy atom. The third-order valence-corrected chi connectivity index (χ3v) is 6.14. The predicted octanol–water partition coefficient (Wildman–Crippen LogP) is 2.33. The van der Waals surface area contributed by atoms with Crippen molar-refractivity contribution in [1.29, 1.82) is 0 Å². The van der Waals surface area contributed by atoms with Crippen molar-refractivity contribution in [2.45, 2.75) is 30.7 Å². The maximum atomic E-state index is 12.9. The van der Waals surface area contributed by atoms with Gasteiger partial charge in [0.1, 0.15) is 16.4 Å². The molecule has 0 saturated carbocycles. The standard InChI is InChI=1S/C20H23NO6S/c1-13(10-14-4-6-17-15(11-14)8-9-27-17)21-28(23,24)19-12-16(20(22)26-3)5-7-18(19)25-2/h4-7,11-13,21H,8-10H2,1-3H3. The zero-order valence-corrected chi connectivity index (χ0v) is 16.8. The second kappa shape index (κ2) is 8.20. The highest BCUT2D eigenvalue weighted by atomic mass is 32.2. The van der Waals surface area contributed by atoms with E-state index in [1.165, 1.54) is 32.4 Å². The lowest BCUT2D eigenvalue weighted by Gasteiger charge is -2.17. The maximum Gasteiger partial charge on any atom is 0.337 e. The van der Waals surface area contributed by atoms with Crippen LogP contribution < -0.4 is 14.2 Å². The van der Waals surface area contributed by atoms with Gasteiger partial charge in [0.2, 0.25) is 10.0 Å². The number of sulfonamides is 1. The number of methoxy groups -OCH3 is 2. The molecule has 3 rings (SSSR count). The first kappa shape index (κ1) is 20.2. The van der Waals surface area contributed by atoms with Crippen LogP contribution in [0.1, 0.15) is 28.4 Å². The Labute approximate surface area is 164 Å². The largest absolute Gasteiger partial charge is 0.495 e. The van der Waals surface area contributed by atoms with Crippen molar-refractivity contribution < 1.29 is 27.4 Å². The lowest BCUT2D eigenvalue weighted by atomic mass is 10.0. The highest BCUT2D eigenvalue weighted by molar-refractivity contribution is 7.89. The molecule has 1 heterocycles. The van der Waals surface area contributed by atoms with Crippen LogP contribution in [-0.4, -0.2) is 41.3 Å². The molecule has 1 unspecified atom stereocenters. The SMILES string of the molecule is COC(=O)c1ccc(OC)c(S(=O)(=O)NC(C)Cc2ccc3c(c2)CCO3)c1. The summed E-state index contributed by atoms with van der Waals surface area (Å²) >= 11 is 0. The van der Waals surface area contributed by atoms with Crippen molar-refractivity contribution in [2.75, 3.05) is 20.8 Å². The summed E-state index contributed by atoms with van der Waals surface area (Å²) in [4.78, 5) is 11.7. The van der Waals surface area contributed by atoms with E-state index in [-0.39, 0.29) is 22.3 Å². The van der Waals surface area contributed by atoms with Crippen LogP contribution in [-0.2, 0) is 27.6 Å². The molecule has 0 saturated heterocycles. The number of esters is 1. The van der Waals surface area contributed by atoms with Gasteiger partial charge in [-0.05, 0) is 48.7 Å². The lowest BCUT2D eigenvalue weighted by molar-refractivity contribution is 0.0600. The van der Waals surface area contributed by atoms with Crippen molar-refractivity contribution in [3.05, 3.63) is 53.1 Å². The van der Waals surface area contributed by atoms with Gasteiger partial charge in [0.25, 0.3) is 0 Å². The summed E-state index contributed by atoms with van der Waals surface area (Å²) in [7, 11) is -1.29. The van der Waals surface area contributed by atoms with Gasteiger partial charge in [-0.15, -0.1) is 0 Å². The van der Waals surface area contributed by atoms with Gasteiger partial charge in [-0.1, -0.05) is 12.1 Å². The maximum absolute atomic E-state index is 12.9. The fourth-order valence-corrected chi connectivity index (χ4v) is 4.66. The average molecular weight is 405 g/mol. The Bertz CT molecular complexity index is 986. The zero-order chi connectivity index (χ0) is 20.3. The minimum Gasteiger partial charge on any atom is -0.495 e. The van der Waals surface area contributed by atoms with Gasteiger partial charge < -0.3 is 14.2 Å². The first-order valence-corrected chi connectivity index (χ1v) is 10.4. The topological polar surface area (TPSA) is 90.9 Å². The number of fused-ring (bicyclic) bond motifs is 1. The van der Waals surface area contributed by atoms with Crippen molar-refractivity contribution in [1.82, 2.24) is 4.72 Å². The minimum absolute atomic E-state index is 0.105. The summed E-state index contributed by atoms with van der Waals surface area (Å²) in [6.07, 6.45) is 1.38. The molecule has 2 aromatic carbocycles. The quantitative estimate of drug-likeness (QED) is 0.711. The van der Waals surface area contributed by atoms with E-state index in [4.69, 9.17) is 9.47 Å². The molecule has 1 aliphatic heterocycles. The van der Waals surface area contributed by atoms with Gasteiger partial charge in [-0.2, -0.15) is 0 Å². The highest BCUT2D eigenvalue weighted by Gasteiger charge is 2.24. The first-order chi connectivity index (χ1) is 13.3. The molecule has 7 nitrogen and oxygen atoms in total. The van der Waals surface area contributed by atoms with Crippen molar-refractivity contribution >= 4 is 16.0 Å². The van der Waals surface area contributed by atoms with E-state index in [0.717, 1.165) is 23.3 Å². The minimum atomic E-state index is -3.91. The Hall–Kier alpha value is -2.58. The van der Waals surface area contributed by atoms with Crippen LogP contribution in [0.4, 0.5) is 0 Å². The van der Waals surface area contributed by atoms with Crippen LogP contribution in [0.25, 0.3) is 0 Å². The number of hydrogen-bond acceptors (Lipinski definition) is 6. The van der Waals surface area contributed by atoms with Crippen molar-refractivity contribution in [3.63, 3.8) is 0 Å². The van der Waals surface area contributed by atoms with Crippen LogP contribution >= 0.6 is 0 Å². The molecule has 28 heavy (non-hydrogen) atoms. The van der Waals surface area contributed by atoms with Gasteiger partial charge >= 0.3 is 5.97 Å². The van der Waals surface area contributed by atoms with Crippen LogP contribution in [0.2, 0.25) is 0 Å². The van der Waals surface area contributed by atoms with E-state index in [9.17, 15) is 13.2 Å². The van der Waals surface area contributed by atoms with Gasteiger partial charge in [0, 0.05) is 12.5 Å². The number of rotatable bonds is 7. The molecular weight excluding hydrogens is 382 g/mol. The van der Waals surface area contributed by atoms with Crippen molar-refractivity contribution in [2.24, 2.45) is 0 Å². The summed E-state index contributed by atoms with van der Waals surface area (Å²) in [5, 5.41) is 0. The highest BCUT2D eigenvalue weighted by Crippen LogP contribution is 2.27.